The van der Waals surface area contributed by atoms with Gasteiger partial charge in [-0.1, -0.05) is 81.7 Å². The van der Waals surface area contributed by atoms with Gasteiger partial charge in [-0.05, 0) is 24.8 Å². The third-order valence-electron chi connectivity index (χ3n) is 3.95. The molecule has 0 heterocycles. The second-order valence-corrected chi connectivity index (χ2v) is 7.20. The molecule has 25 heavy (non-hydrogen) atoms. The molecule has 0 radical (unpaired) electrons. The van der Waals surface area contributed by atoms with Crippen molar-refractivity contribution in [1.29, 1.82) is 0 Å². The fourth-order valence-electron chi connectivity index (χ4n) is 2.67. The average molecular weight is 419 g/mol. The van der Waals surface area contributed by atoms with Gasteiger partial charge < -0.3 is 18.9 Å². The van der Waals surface area contributed by atoms with Gasteiger partial charge in [0.2, 0.25) is 0 Å². The Labute approximate surface area is 238 Å². The Bertz CT molecular complexity index is 440. The molecule has 0 saturated carbocycles. The maximum Gasteiger partial charge on any atom is 1.00 e. The Morgan fingerprint density at radius 1 is 0.720 bits per heavy atom. The molecule has 0 N–H and O–H groups in total. The number of rotatable bonds is 14. The minimum absolute atomic E-state index is 0. The van der Waals surface area contributed by atoms with Crippen molar-refractivity contribution in [3.05, 3.63) is 35.9 Å². The molecular formula is C18H29K2O4P. The molecule has 0 aliphatic heterocycles. The van der Waals surface area contributed by atoms with Crippen LogP contribution >= 0.6 is 7.82 Å². The molecule has 0 bridgehead atoms. The van der Waals surface area contributed by atoms with Gasteiger partial charge in [0.1, 0.15) is 0 Å². The monoisotopic (exact) mass is 418 g/mol. The first kappa shape index (κ1) is 29.8. The Balaban J connectivity index is 0. The van der Waals surface area contributed by atoms with Crippen LogP contribution in [0.15, 0.2) is 30.3 Å². The standard InChI is InChI=1S/C18H31O4P.2K/c19-23(20,21)22-17-13-8-6-4-2-1-3-5-7-10-14-18-15-11-9-12-16-18;;/h9,11-12,15-16H,1-8,10,13-14,17H2,(H2,19,20,21);;/q;2*+1/p-2. The molecule has 1 rings (SSSR count). The zero-order chi connectivity index (χ0) is 16.8. The number of hydrogen-bond acceptors (Lipinski definition) is 4. The molecule has 0 atom stereocenters. The summed E-state index contributed by atoms with van der Waals surface area (Å²) in [7, 11) is -4.77. The summed E-state index contributed by atoms with van der Waals surface area (Å²) >= 11 is 0. The normalized spacial score (nSPS) is 10.8. The van der Waals surface area contributed by atoms with Gasteiger partial charge in [0.25, 0.3) is 0 Å². The molecule has 0 aliphatic rings. The van der Waals surface area contributed by atoms with Crippen molar-refractivity contribution < 1.29 is 122 Å². The molecule has 7 heteroatoms. The van der Waals surface area contributed by atoms with Crippen molar-refractivity contribution in [3.63, 3.8) is 0 Å². The van der Waals surface area contributed by atoms with Gasteiger partial charge in [-0.25, -0.2) is 0 Å². The average Bonchev–Trinajstić information content (AvgIpc) is 2.52. The van der Waals surface area contributed by atoms with Crippen LogP contribution in [0.5, 0.6) is 0 Å². The molecule has 4 nitrogen and oxygen atoms in total. The van der Waals surface area contributed by atoms with Crippen molar-refractivity contribution in [2.24, 2.45) is 0 Å². The Hall–Kier alpha value is 2.60. The number of hydrogen-bond donors (Lipinski definition) is 0. The minimum atomic E-state index is -4.77. The van der Waals surface area contributed by atoms with E-state index in [1.807, 2.05) is 0 Å². The van der Waals surface area contributed by atoms with E-state index in [9.17, 15) is 14.4 Å². The van der Waals surface area contributed by atoms with Crippen molar-refractivity contribution >= 4 is 7.82 Å². The van der Waals surface area contributed by atoms with E-state index in [1.54, 1.807) is 0 Å². The summed E-state index contributed by atoms with van der Waals surface area (Å²) in [5, 5.41) is 0. The van der Waals surface area contributed by atoms with Gasteiger partial charge in [-0.3, -0.25) is 0 Å². The molecule has 0 aromatic heterocycles. The predicted octanol–water partition coefficient (Wildman–Crippen LogP) is -2.02. The maximum absolute atomic E-state index is 10.2. The molecule has 1 aromatic carbocycles. The topological polar surface area (TPSA) is 72.4 Å². The van der Waals surface area contributed by atoms with Crippen LogP contribution in [0.4, 0.5) is 0 Å². The van der Waals surface area contributed by atoms with Crippen molar-refractivity contribution in [2.45, 2.75) is 70.6 Å². The fourth-order valence-corrected chi connectivity index (χ4v) is 3.02. The number of phosphoric acid groups is 1. The quantitative estimate of drug-likeness (QED) is 0.199. The zero-order valence-corrected chi connectivity index (χ0v) is 23.1. The summed E-state index contributed by atoms with van der Waals surface area (Å²) in [5.41, 5.74) is 1.43. The first-order chi connectivity index (χ1) is 11.1. The van der Waals surface area contributed by atoms with E-state index >= 15 is 0 Å². The van der Waals surface area contributed by atoms with Crippen LogP contribution in [0, 0.1) is 0 Å². The van der Waals surface area contributed by atoms with Gasteiger partial charge in [0.05, 0.1) is 14.4 Å². The smallest absolute Gasteiger partial charge is 0.790 e. The van der Waals surface area contributed by atoms with Crippen LogP contribution < -0.4 is 113 Å². The van der Waals surface area contributed by atoms with Crippen molar-refractivity contribution in [3.8, 4) is 0 Å². The number of aryl methyl sites for hydroxylation is 1. The Kier molecular flexibility index (Phi) is 23.7. The Morgan fingerprint density at radius 2 is 1.16 bits per heavy atom. The van der Waals surface area contributed by atoms with Crippen molar-refractivity contribution in [2.75, 3.05) is 6.61 Å². The number of phosphoric ester groups is 1. The molecule has 0 fully saturated rings. The van der Waals surface area contributed by atoms with Crippen molar-refractivity contribution in [1.82, 2.24) is 0 Å². The van der Waals surface area contributed by atoms with Gasteiger partial charge in [0.15, 0.2) is 0 Å². The van der Waals surface area contributed by atoms with Crippen LogP contribution in [0.2, 0.25) is 0 Å². The first-order valence-corrected chi connectivity index (χ1v) is 10.2. The molecule has 0 unspecified atom stereocenters. The van der Waals surface area contributed by atoms with Crippen LogP contribution in [-0.2, 0) is 15.5 Å². The summed E-state index contributed by atoms with van der Waals surface area (Å²) in [6.07, 6.45) is 12.7. The third kappa shape index (κ3) is 21.1. The van der Waals surface area contributed by atoms with Gasteiger partial charge in [-0.2, -0.15) is 0 Å². The van der Waals surface area contributed by atoms with E-state index in [0.717, 1.165) is 12.8 Å². The van der Waals surface area contributed by atoms with Crippen LogP contribution in [0.1, 0.15) is 69.8 Å². The van der Waals surface area contributed by atoms with Gasteiger partial charge in [0, 0.05) is 0 Å². The molecule has 0 saturated heterocycles. The number of benzene rings is 1. The molecule has 132 valence electrons. The first-order valence-electron chi connectivity index (χ1n) is 8.78. The maximum atomic E-state index is 10.2. The minimum Gasteiger partial charge on any atom is -0.790 e. The van der Waals surface area contributed by atoms with E-state index < -0.39 is 7.82 Å². The number of unbranched alkanes of at least 4 members (excludes halogenated alkanes) is 9. The second kappa shape index (κ2) is 19.9. The largest absolute Gasteiger partial charge is 1.00 e. The predicted molar refractivity (Wildman–Crippen MR) is 89.9 cm³/mol. The molecular weight excluding hydrogens is 389 g/mol. The van der Waals surface area contributed by atoms with Crippen LogP contribution in [-0.4, -0.2) is 6.61 Å². The third-order valence-corrected chi connectivity index (χ3v) is 4.45. The molecule has 0 aliphatic carbocycles. The van der Waals surface area contributed by atoms with E-state index in [4.69, 9.17) is 0 Å². The zero-order valence-electron chi connectivity index (χ0n) is 16.0. The van der Waals surface area contributed by atoms with E-state index in [0.29, 0.717) is 6.42 Å². The van der Waals surface area contributed by atoms with E-state index in [-0.39, 0.29) is 109 Å². The van der Waals surface area contributed by atoms with E-state index in [1.165, 1.54) is 56.9 Å². The molecule has 0 amide bonds. The fraction of sp³-hybridized carbons (Fsp3) is 0.667. The molecule has 0 spiro atoms. The summed E-state index contributed by atoms with van der Waals surface area (Å²) in [6.45, 7) is 0.0334. The van der Waals surface area contributed by atoms with Crippen LogP contribution in [0.25, 0.3) is 0 Å². The summed E-state index contributed by atoms with van der Waals surface area (Å²) in [5.74, 6) is 0. The van der Waals surface area contributed by atoms with Gasteiger partial charge >= 0.3 is 103 Å². The second-order valence-electron chi connectivity index (χ2n) is 6.05. The van der Waals surface area contributed by atoms with Crippen LogP contribution in [0.3, 0.4) is 0 Å². The summed E-state index contributed by atoms with van der Waals surface area (Å²) in [4.78, 5) is 20.5. The Morgan fingerprint density at radius 3 is 1.64 bits per heavy atom. The summed E-state index contributed by atoms with van der Waals surface area (Å²) < 4.78 is 14.4. The summed E-state index contributed by atoms with van der Waals surface area (Å²) in [6, 6.07) is 10.6. The van der Waals surface area contributed by atoms with Gasteiger partial charge in [-0.15, -0.1) is 0 Å². The molecule has 1 aromatic rings. The SMILES string of the molecule is O=P([O-])([O-])OCCCCCCCCCCCCc1ccccc1.[K+].[K+]. The van der Waals surface area contributed by atoms with E-state index in [2.05, 4.69) is 34.9 Å².